The van der Waals surface area contributed by atoms with E-state index >= 15 is 0 Å². The molecule has 0 fully saturated rings. The molecule has 1 aromatic heterocycles. The number of nitrogens with zero attached hydrogens (tertiary/aromatic N) is 2. The lowest BCUT2D eigenvalue weighted by Crippen LogP contribution is -2.01. The SMILES string of the molecule is O=C(O)Cc1cnc(-c2cc(Cl)ccc2Cl)nc1. The van der Waals surface area contributed by atoms with Crippen LogP contribution in [0.1, 0.15) is 5.56 Å². The van der Waals surface area contributed by atoms with Crippen molar-refractivity contribution in [2.45, 2.75) is 6.42 Å². The van der Waals surface area contributed by atoms with Crippen LogP contribution in [-0.4, -0.2) is 21.0 Å². The van der Waals surface area contributed by atoms with E-state index in [4.69, 9.17) is 28.3 Å². The van der Waals surface area contributed by atoms with E-state index in [2.05, 4.69) is 9.97 Å². The number of hydrogen-bond acceptors (Lipinski definition) is 3. The van der Waals surface area contributed by atoms with E-state index < -0.39 is 5.97 Å². The first-order valence-electron chi connectivity index (χ1n) is 5.04. The Morgan fingerprint density at radius 2 is 1.89 bits per heavy atom. The molecule has 0 saturated heterocycles. The van der Waals surface area contributed by atoms with Gasteiger partial charge in [0.05, 0.1) is 11.4 Å². The van der Waals surface area contributed by atoms with E-state index in [0.717, 1.165) is 0 Å². The van der Waals surface area contributed by atoms with Crippen LogP contribution in [0, 0.1) is 0 Å². The Kier molecular flexibility index (Phi) is 3.79. The van der Waals surface area contributed by atoms with Crippen molar-refractivity contribution in [3.8, 4) is 11.4 Å². The van der Waals surface area contributed by atoms with Gasteiger partial charge < -0.3 is 5.11 Å². The van der Waals surface area contributed by atoms with Crippen LogP contribution in [0.3, 0.4) is 0 Å². The summed E-state index contributed by atoms with van der Waals surface area (Å²) in [5.41, 5.74) is 1.15. The smallest absolute Gasteiger partial charge is 0.307 e. The third kappa shape index (κ3) is 2.97. The van der Waals surface area contributed by atoms with Crippen molar-refractivity contribution in [2.75, 3.05) is 0 Å². The second kappa shape index (κ2) is 5.33. The number of benzene rings is 1. The maximum Gasteiger partial charge on any atom is 0.307 e. The van der Waals surface area contributed by atoms with Crippen molar-refractivity contribution in [1.29, 1.82) is 0 Å². The normalized spacial score (nSPS) is 10.3. The number of aromatic nitrogens is 2. The maximum atomic E-state index is 10.5. The summed E-state index contributed by atoms with van der Waals surface area (Å²) in [6.45, 7) is 0. The van der Waals surface area contributed by atoms with Gasteiger partial charge in [0.2, 0.25) is 0 Å². The third-order valence-corrected chi connectivity index (χ3v) is 2.79. The van der Waals surface area contributed by atoms with Gasteiger partial charge in [-0.1, -0.05) is 23.2 Å². The van der Waals surface area contributed by atoms with Crippen molar-refractivity contribution in [3.63, 3.8) is 0 Å². The fourth-order valence-corrected chi connectivity index (χ4v) is 1.80. The topological polar surface area (TPSA) is 63.1 Å². The molecule has 1 heterocycles. The summed E-state index contributed by atoms with van der Waals surface area (Å²) in [6, 6.07) is 5.00. The van der Waals surface area contributed by atoms with Gasteiger partial charge in [0, 0.05) is 23.0 Å². The molecule has 6 heteroatoms. The minimum absolute atomic E-state index is 0.108. The highest BCUT2D eigenvalue weighted by molar-refractivity contribution is 6.35. The number of aliphatic carboxylic acids is 1. The molecule has 0 aliphatic heterocycles. The fourth-order valence-electron chi connectivity index (χ4n) is 1.43. The molecule has 0 aliphatic rings. The van der Waals surface area contributed by atoms with Crippen molar-refractivity contribution >= 4 is 29.2 Å². The van der Waals surface area contributed by atoms with Gasteiger partial charge >= 0.3 is 5.97 Å². The number of hydrogen-bond donors (Lipinski definition) is 1. The first-order valence-corrected chi connectivity index (χ1v) is 5.80. The van der Waals surface area contributed by atoms with E-state index in [1.54, 1.807) is 18.2 Å². The largest absolute Gasteiger partial charge is 0.481 e. The molecule has 2 aromatic rings. The van der Waals surface area contributed by atoms with Gasteiger partial charge in [-0.2, -0.15) is 0 Å². The highest BCUT2D eigenvalue weighted by Gasteiger charge is 2.08. The first kappa shape index (κ1) is 12.8. The van der Waals surface area contributed by atoms with E-state index in [9.17, 15) is 4.79 Å². The molecule has 0 spiro atoms. The lowest BCUT2D eigenvalue weighted by Gasteiger charge is -2.04. The van der Waals surface area contributed by atoms with Crippen molar-refractivity contribution in [1.82, 2.24) is 9.97 Å². The highest BCUT2D eigenvalue weighted by atomic mass is 35.5. The van der Waals surface area contributed by atoms with Gasteiger partial charge in [0.1, 0.15) is 0 Å². The van der Waals surface area contributed by atoms with Crippen LogP contribution in [0.5, 0.6) is 0 Å². The summed E-state index contributed by atoms with van der Waals surface area (Å²) in [5.74, 6) is -0.510. The zero-order chi connectivity index (χ0) is 13.1. The summed E-state index contributed by atoms with van der Waals surface area (Å²) in [7, 11) is 0. The summed E-state index contributed by atoms with van der Waals surface area (Å²) in [5, 5.41) is 9.67. The molecule has 92 valence electrons. The molecule has 1 N–H and O–H groups in total. The standard InChI is InChI=1S/C12H8Cl2N2O2/c13-8-1-2-10(14)9(4-8)12-15-5-7(6-16-12)3-11(17)18/h1-2,4-6H,3H2,(H,17,18). The van der Waals surface area contributed by atoms with E-state index in [1.165, 1.54) is 12.4 Å². The molecule has 0 atom stereocenters. The van der Waals surface area contributed by atoms with Crippen LogP contribution in [0.4, 0.5) is 0 Å². The van der Waals surface area contributed by atoms with Crippen LogP contribution in [0.25, 0.3) is 11.4 Å². The second-order valence-electron chi connectivity index (χ2n) is 3.61. The molecular weight excluding hydrogens is 275 g/mol. The Morgan fingerprint density at radius 1 is 1.22 bits per heavy atom. The zero-order valence-corrected chi connectivity index (χ0v) is 10.6. The summed E-state index contributed by atoms with van der Waals surface area (Å²) < 4.78 is 0. The predicted octanol–water partition coefficient (Wildman–Crippen LogP) is 3.08. The van der Waals surface area contributed by atoms with Crippen molar-refractivity contribution in [2.24, 2.45) is 0 Å². The monoisotopic (exact) mass is 282 g/mol. The Bertz CT molecular complexity index is 585. The first-order chi connectivity index (χ1) is 8.56. The molecule has 2 rings (SSSR count). The second-order valence-corrected chi connectivity index (χ2v) is 4.45. The van der Waals surface area contributed by atoms with E-state index in [-0.39, 0.29) is 6.42 Å². The number of carboxylic acid groups (broad SMARTS) is 1. The lowest BCUT2D eigenvalue weighted by atomic mass is 10.2. The number of rotatable bonds is 3. The molecule has 18 heavy (non-hydrogen) atoms. The molecule has 0 aliphatic carbocycles. The van der Waals surface area contributed by atoms with Crippen LogP contribution < -0.4 is 0 Å². The minimum atomic E-state index is -0.924. The van der Waals surface area contributed by atoms with Gasteiger partial charge in [-0.3, -0.25) is 4.79 Å². The molecular formula is C12H8Cl2N2O2. The van der Waals surface area contributed by atoms with Gasteiger partial charge in [-0.05, 0) is 23.8 Å². The molecule has 0 unspecified atom stereocenters. The number of carboxylic acids is 1. The van der Waals surface area contributed by atoms with Crippen LogP contribution >= 0.6 is 23.2 Å². The molecule has 0 amide bonds. The lowest BCUT2D eigenvalue weighted by molar-refractivity contribution is -0.136. The Morgan fingerprint density at radius 3 is 2.50 bits per heavy atom. The van der Waals surface area contributed by atoms with Gasteiger partial charge in [-0.15, -0.1) is 0 Å². The van der Waals surface area contributed by atoms with Crippen LogP contribution in [0.15, 0.2) is 30.6 Å². The molecule has 0 saturated carbocycles. The predicted molar refractivity (Wildman–Crippen MR) is 68.8 cm³/mol. The van der Waals surface area contributed by atoms with Crippen molar-refractivity contribution in [3.05, 3.63) is 46.2 Å². The summed E-state index contributed by atoms with van der Waals surface area (Å²) in [6.07, 6.45) is 2.82. The molecule has 4 nitrogen and oxygen atoms in total. The number of carbonyl (C=O) groups is 1. The van der Waals surface area contributed by atoms with Crippen molar-refractivity contribution < 1.29 is 9.90 Å². The average Bonchev–Trinajstić information content (AvgIpc) is 2.33. The average molecular weight is 283 g/mol. The Balaban J connectivity index is 2.34. The third-order valence-electron chi connectivity index (χ3n) is 2.23. The zero-order valence-electron chi connectivity index (χ0n) is 9.10. The Hall–Kier alpha value is -1.65. The van der Waals surface area contributed by atoms with Crippen LogP contribution in [-0.2, 0) is 11.2 Å². The minimum Gasteiger partial charge on any atom is -0.481 e. The van der Waals surface area contributed by atoms with E-state index in [1.807, 2.05) is 0 Å². The molecule has 0 bridgehead atoms. The molecule has 1 aromatic carbocycles. The summed E-state index contributed by atoms with van der Waals surface area (Å²) in [4.78, 5) is 18.7. The quantitative estimate of drug-likeness (QED) is 0.940. The fraction of sp³-hybridized carbons (Fsp3) is 0.0833. The van der Waals surface area contributed by atoms with Gasteiger partial charge in [0.15, 0.2) is 5.82 Å². The highest BCUT2D eigenvalue weighted by Crippen LogP contribution is 2.27. The van der Waals surface area contributed by atoms with Gasteiger partial charge in [-0.25, -0.2) is 9.97 Å². The molecule has 0 radical (unpaired) electrons. The van der Waals surface area contributed by atoms with E-state index in [0.29, 0.717) is 27.0 Å². The maximum absolute atomic E-state index is 10.5. The van der Waals surface area contributed by atoms with Crippen LogP contribution in [0.2, 0.25) is 10.0 Å². The Labute approximate surface area is 113 Å². The number of halogens is 2. The summed E-state index contributed by atoms with van der Waals surface area (Å²) >= 11 is 11.9. The van der Waals surface area contributed by atoms with Gasteiger partial charge in [0.25, 0.3) is 0 Å².